The minimum atomic E-state index is 0.166. The summed E-state index contributed by atoms with van der Waals surface area (Å²) in [4.78, 5) is 7.33. The number of nitrogens with one attached hydrogen (secondary N) is 2. The van der Waals surface area contributed by atoms with E-state index in [1.807, 2.05) is 0 Å². The second kappa shape index (κ2) is 8.03. The van der Waals surface area contributed by atoms with E-state index in [1.165, 1.54) is 5.56 Å². The van der Waals surface area contributed by atoms with Gasteiger partial charge < -0.3 is 15.4 Å². The van der Waals surface area contributed by atoms with Crippen LogP contribution in [0, 0.1) is 11.3 Å². The highest BCUT2D eigenvalue weighted by Gasteiger charge is 2.59. The third-order valence-corrected chi connectivity index (χ3v) is 6.98. The highest BCUT2D eigenvalue weighted by Crippen LogP contribution is 2.52. The van der Waals surface area contributed by atoms with Gasteiger partial charge in [0.25, 0.3) is 0 Å². The summed E-state index contributed by atoms with van der Waals surface area (Å²) in [5, 5.41) is 7.50. The predicted molar refractivity (Wildman–Crippen MR) is 114 cm³/mol. The average Bonchev–Trinajstić information content (AvgIpc) is 3.26. The van der Waals surface area contributed by atoms with Crippen molar-refractivity contribution in [2.45, 2.75) is 71.3 Å². The molecule has 1 aromatic rings. The van der Waals surface area contributed by atoms with E-state index in [0.717, 1.165) is 45.0 Å². The van der Waals surface area contributed by atoms with Gasteiger partial charge in [-0.2, -0.15) is 0 Å². The fourth-order valence-corrected chi connectivity index (χ4v) is 5.49. The van der Waals surface area contributed by atoms with E-state index in [4.69, 9.17) is 9.73 Å². The van der Waals surface area contributed by atoms with E-state index in [9.17, 15) is 0 Å². The quantitative estimate of drug-likeness (QED) is 0.605. The second-order valence-electron chi connectivity index (χ2n) is 9.35. The molecule has 5 heteroatoms. The summed E-state index contributed by atoms with van der Waals surface area (Å²) >= 11 is 0. The molecule has 1 aliphatic carbocycles. The average molecular weight is 385 g/mol. The van der Waals surface area contributed by atoms with Gasteiger partial charge in [0.1, 0.15) is 0 Å². The summed E-state index contributed by atoms with van der Waals surface area (Å²) in [6.07, 6.45) is 2.72. The molecule has 1 aromatic carbocycles. The number of rotatable bonds is 5. The largest absolute Gasteiger partial charge is 0.377 e. The third kappa shape index (κ3) is 3.79. The number of hydrogen-bond acceptors (Lipinski definition) is 3. The Bertz CT molecular complexity index is 689. The lowest BCUT2D eigenvalue weighted by atomic mass is 9.57. The van der Waals surface area contributed by atoms with Crippen LogP contribution in [-0.2, 0) is 11.3 Å². The first-order chi connectivity index (χ1) is 13.5. The number of guanidine groups is 1. The van der Waals surface area contributed by atoms with E-state index in [2.05, 4.69) is 73.6 Å². The lowest BCUT2D eigenvalue weighted by Crippen LogP contribution is -2.68. The number of benzene rings is 1. The van der Waals surface area contributed by atoms with Crippen LogP contribution in [0.25, 0.3) is 0 Å². The van der Waals surface area contributed by atoms with Crippen molar-refractivity contribution in [2.24, 2.45) is 16.3 Å². The van der Waals surface area contributed by atoms with Crippen molar-refractivity contribution in [2.75, 3.05) is 19.7 Å². The molecular formula is C23H36N4O. The summed E-state index contributed by atoms with van der Waals surface area (Å²) in [5.74, 6) is 1.60. The monoisotopic (exact) mass is 384 g/mol. The Hall–Kier alpha value is -1.59. The van der Waals surface area contributed by atoms with E-state index >= 15 is 0 Å². The maximum atomic E-state index is 5.95. The van der Waals surface area contributed by atoms with Gasteiger partial charge in [0.15, 0.2) is 5.96 Å². The molecule has 5 unspecified atom stereocenters. The molecule has 3 aliphatic rings. The molecule has 2 N–H and O–H groups in total. The van der Waals surface area contributed by atoms with Crippen LogP contribution in [0.15, 0.2) is 35.3 Å². The maximum Gasteiger partial charge on any atom is 0.191 e. The first-order valence-electron chi connectivity index (χ1n) is 11.0. The first kappa shape index (κ1) is 19.7. The molecule has 2 aliphatic heterocycles. The number of ether oxygens (including phenoxy) is 1. The molecule has 5 atom stereocenters. The molecule has 0 aromatic heterocycles. The molecular weight excluding hydrogens is 348 g/mol. The molecule has 2 saturated heterocycles. The topological polar surface area (TPSA) is 48.9 Å². The van der Waals surface area contributed by atoms with Gasteiger partial charge in [-0.3, -0.25) is 9.89 Å². The van der Waals surface area contributed by atoms with Gasteiger partial charge in [0.05, 0.1) is 6.10 Å². The Morgan fingerprint density at radius 2 is 2.04 bits per heavy atom. The second-order valence-corrected chi connectivity index (χ2v) is 9.35. The van der Waals surface area contributed by atoms with E-state index in [-0.39, 0.29) is 5.41 Å². The molecule has 154 valence electrons. The Labute approximate surface area is 169 Å². The number of nitrogens with zero attached hydrogens (tertiary/aromatic N) is 2. The Kier molecular flexibility index (Phi) is 5.66. The van der Waals surface area contributed by atoms with Crippen LogP contribution < -0.4 is 10.6 Å². The van der Waals surface area contributed by atoms with Crippen LogP contribution in [-0.4, -0.2) is 54.8 Å². The smallest absolute Gasteiger partial charge is 0.191 e. The van der Waals surface area contributed by atoms with Crippen LogP contribution in [0.2, 0.25) is 0 Å². The maximum absolute atomic E-state index is 5.95. The zero-order valence-electron chi connectivity index (χ0n) is 17.8. The van der Waals surface area contributed by atoms with Gasteiger partial charge in [-0.25, -0.2) is 0 Å². The van der Waals surface area contributed by atoms with Crippen molar-refractivity contribution < 1.29 is 4.74 Å². The predicted octanol–water partition coefficient (Wildman–Crippen LogP) is 3.02. The Balaban J connectivity index is 1.36. The summed E-state index contributed by atoms with van der Waals surface area (Å²) in [5.41, 5.74) is 1.55. The third-order valence-electron chi connectivity index (χ3n) is 6.98. The fraction of sp³-hybridized carbons (Fsp3) is 0.696. The van der Waals surface area contributed by atoms with Crippen molar-refractivity contribution in [3.05, 3.63) is 35.9 Å². The molecule has 28 heavy (non-hydrogen) atoms. The molecule has 0 spiro atoms. The molecule has 4 rings (SSSR count). The lowest BCUT2D eigenvalue weighted by molar-refractivity contribution is -0.106. The highest BCUT2D eigenvalue weighted by atomic mass is 16.5. The van der Waals surface area contributed by atoms with Crippen LogP contribution in [0.3, 0.4) is 0 Å². The summed E-state index contributed by atoms with van der Waals surface area (Å²) in [6.45, 7) is 12.9. The summed E-state index contributed by atoms with van der Waals surface area (Å²) < 4.78 is 5.95. The molecule has 5 nitrogen and oxygen atoms in total. The van der Waals surface area contributed by atoms with Crippen LogP contribution in [0.5, 0.6) is 0 Å². The van der Waals surface area contributed by atoms with Crippen molar-refractivity contribution >= 4 is 5.96 Å². The van der Waals surface area contributed by atoms with Gasteiger partial charge in [-0.05, 0) is 32.3 Å². The van der Waals surface area contributed by atoms with Crippen LogP contribution in [0.4, 0.5) is 0 Å². The lowest BCUT2D eigenvalue weighted by Gasteiger charge is -2.55. The van der Waals surface area contributed by atoms with Gasteiger partial charge in [0, 0.05) is 55.7 Å². The van der Waals surface area contributed by atoms with Gasteiger partial charge in [-0.1, -0.05) is 44.2 Å². The zero-order chi connectivity index (χ0) is 19.7. The van der Waals surface area contributed by atoms with E-state index in [0.29, 0.717) is 30.1 Å². The van der Waals surface area contributed by atoms with Gasteiger partial charge in [0.2, 0.25) is 0 Å². The van der Waals surface area contributed by atoms with E-state index in [1.54, 1.807) is 0 Å². The molecule has 2 heterocycles. The van der Waals surface area contributed by atoms with Crippen molar-refractivity contribution in [3.63, 3.8) is 0 Å². The van der Waals surface area contributed by atoms with Gasteiger partial charge >= 0.3 is 0 Å². The van der Waals surface area contributed by atoms with Crippen molar-refractivity contribution in [3.8, 4) is 0 Å². The molecule has 0 radical (unpaired) electrons. The van der Waals surface area contributed by atoms with E-state index < -0.39 is 0 Å². The SMILES string of the molecule is CCN=C(NC1CC(C)N(Cc2ccccc2)C1)NC1C2CCOC2C1(C)C. The van der Waals surface area contributed by atoms with Gasteiger partial charge in [-0.15, -0.1) is 0 Å². The number of fused-ring (bicyclic) bond motifs is 1. The molecule has 3 fully saturated rings. The molecule has 0 amide bonds. The zero-order valence-corrected chi connectivity index (χ0v) is 17.8. The molecule has 0 bridgehead atoms. The Morgan fingerprint density at radius 3 is 2.79 bits per heavy atom. The van der Waals surface area contributed by atoms with Crippen LogP contribution in [0.1, 0.15) is 46.1 Å². The minimum Gasteiger partial charge on any atom is -0.377 e. The van der Waals surface area contributed by atoms with Crippen LogP contribution >= 0.6 is 0 Å². The fourth-order valence-electron chi connectivity index (χ4n) is 5.49. The summed E-state index contributed by atoms with van der Waals surface area (Å²) in [7, 11) is 0. The van der Waals surface area contributed by atoms with Crippen molar-refractivity contribution in [1.29, 1.82) is 0 Å². The summed E-state index contributed by atoms with van der Waals surface area (Å²) in [6, 6.07) is 12.2. The first-order valence-corrected chi connectivity index (χ1v) is 11.0. The molecule has 1 saturated carbocycles. The number of likely N-dealkylation sites (tertiary alicyclic amines) is 1. The number of hydrogen-bond donors (Lipinski definition) is 2. The minimum absolute atomic E-state index is 0.166. The normalized spacial score (nSPS) is 34.7. The standard InChI is InChI=1S/C23H36N4O/c1-5-24-22(26-20-19-11-12-28-21(19)23(20,3)4)25-18-13-16(2)27(15-18)14-17-9-7-6-8-10-17/h6-10,16,18-21H,5,11-15H2,1-4H3,(H2,24,25,26). The Morgan fingerprint density at radius 1 is 1.25 bits per heavy atom. The highest BCUT2D eigenvalue weighted by molar-refractivity contribution is 5.80. The number of aliphatic imine (C=N–C) groups is 1. The van der Waals surface area contributed by atoms with Crippen molar-refractivity contribution in [1.82, 2.24) is 15.5 Å².